The second-order valence-corrected chi connectivity index (χ2v) is 10.6. The van der Waals surface area contributed by atoms with E-state index in [1.807, 2.05) is 0 Å². The quantitative estimate of drug-likeness (QED) is 0.264. The van der Waals surface area contributed by atoms with E-state index in [9.17, 15) is 0 Å². The van der Waals surface area contributed by atoms with E-state index >= 15 is 0 Å². The van der Waals surface area contributed by atoms with Gasteiger partial charge >= 0.3 is 0 Å². The molecule has 0 bridgehead atoms. The van der Waals surface area contributed by atoms with Crippen LogP contribution in [-0.2, 0) is 0 Å². The van der Waals surface area contributed by atoms with Crippen molar-refractivity contribution in [2.75, 3.05) is 0 Å². The molecule has 1 heterocycles. The normalized spacial score (nSPS) is 25.0. The van der Waals surface area contributed by atoms with Crippen molar-refractivity contribution in [3.63, 3.8) is 0 Å². The van der Waals surface area contributed by atoms with Gasteiger partial charge in [-0.1, -0.05) is 110 Å². The summed E-state index contributed by atoms with van der Waals surface area (Å²) in [7, 11) is 0. The van der Waals surface area contributed by atoms with Gasteiger partial charge in [0, 0.05) is 11.1 Å². The van der Waals surface area contributed by atoms with E-state index in [1.54, 1.807) is 0 Å². The molecule has 2 atom stereocenters. The van der Waals surface area contributed by atoms with Crippen molar-refractivity contribution >= 4 is 0 Å². The summed E-state index contributed by atoms with van der Waals surface area (Å²) < 4.78 is 0. The van der Waals surface area contributed by atoms with Crippen LogP contribution in [0.15, 0.2) is 0 Å². The average Bonchev–Trinajstić information content (AvgIpc) is 2.60. The van der Waals surface area contributed by atoms with Crippen LogP contribution in [-0.4, -0.2) is 11.1 Å². The molecule has 1 aliphatic rings. The van der Waals surface area contributed by atoms with E-state index in [4.69, 9.17) is 0 Å². The molecule has 0 spiro atoms. The first kappa shape index (κ1) is 25.0. The van der Waals surface area contributed by atoms with Crippen molar-refractivity contribution in [1.29, 1.82) is 0 Å². The summed E-state index contributed by atoms with van der Waals surface area (Å²) in [5, 5.41) is 3.90. The second-order valence-electron chi connectivity index (χ2n) is 10.6. The minimum Gasteiger partial charge on any atom is -0.307 e. The van der Waals surface area contributed by atoms with E-state index < -0.39 is 0 Å². The minimum absolute atomic E-state index is 0.323. The van der Waals surface area contributed by atoms with Crippen LogP contribution in [0.4, 0.5) is 0 Å². The van der Waals surface area contributed by atoms with Crippen molar-refractivity contribution in [1.82, 2.24) is 5.32 Å². The molecule has 1 rings (SSSR count). The topological polar surface area (TPSA) is 12.0 Å². The van der Waals surface area contributed by atoms with Crippen LogP contribution in [0.3, 0.4) is 0 Å². The summed E-state index contributed by atoms with van der Waals surface area (Å²) in [6, 6.07) is 0. The first-order valence-corrected chi connectivity index (χ1v) is 12.7. The molecular formula is C26H53N. The molecule has 0 amide bonds. The summed E-state index contributed by atoms with van der Waals surface area (Å²) in [6.07, 6.45) is 25.9. The molecule has 1 fully saturated rings. The lowest BCUT2D eigenvalue weighted by Gasteiger charge is -2.48. The van der Waals surface area contributed by atoms with Gasteiger partial charge in [0.05, 0.1) is 0 Å². The van der Waals surface area contributed by atoms with Gasteiger partial charge in [-0.15, -0.1) is 0 Å². The number of piperidine rings is 1. The van der Waals surface area contributed by atoms with Crippen molar-refractivity contribution < 1.29 is 0 Å². The molecule has 27 heavy (non-hydrogen) atoms. The lowest BCUT2D eigenvalue weighted by molar-refractivity contribution is 0.106. The first-order valence-electron chi connectivity index (χ1n) is 12.7. The maximum Gasteiger partial charge on any atom is 0.0158 e. The Morgan fingerprint density at radius 1 is 0.630 bits per heavy atom. The van der Waals surface area contributed by atoms with Crippen molar-refractivity contribution in [2.24, 2.45) is 5.92 Å². The van der Waals surface area contributed by atoms with Gasteiger partial charge < -0.3 is 5.32 Å². The fourth-order valence-corrected chi connectivity index (χ4v) is 5.41. The summed E-state index contributed by atoms with van der Waals surface area (Å²) in [5.41, 5.74) is 0.687. The molecular weight excluding hydrogens is 326 g/mol. The predicted molar refractivity (Wildman–Crippen MR) is 124 cm³/mol. The smallest absolute Gasteiger partial charge is 0.0158 e. The molecule has 0 aromatic carbocycles. The van der Waals surface area contributed by atoms with Gasteiger partial charge in [0.2, 0.25) is 0 Å². The third-order valence-corrected chi connectivity index (χ3v) is 6.92. The van der Waals surface area contributed by atoms with E-state index in [-0.39, 0.29) is 0 Å². The highest BCUT2D eigenvalue weighted by atomic mass is 15.1. The average molecular weight is 380 g/mol. The van der Waals surface area contributed by atoms with Gasteiger partial charge in [-0.05, 0) is 46.0 Å². The van der Waals surface area contributed by atoms with Crippen LogP contribution < -0.4 is 5.32 Å². The van der Waals surface area contributed by atoms with Crippen LogP contribution in [0.2, 0.25) is 0 Å². The van der Waals surface area contributed by atoms with Crippen molar-refractivity contribution in [3.8, 4) is 0 Å². The lowest BCUT2D eigenvalue weighted by Crippen LogP contribution is -2.59. The third kappa shape index (κ3) is 12.2. The van der Waals surface area contributed by atoms with Gasteiger partial charge in [-0.2, -0.15) is 0 Å². The molecule has 162 valence electrons. The molecule has 0 aromatic heterocycles. The van der Waals surface area contributed by atoms with Crippen LogP contribution >= 0.6 is 0 Å². The van der Waals surface area contributed by atoms with Crippen molar-refractivity contribution in [2.45, 2.75) is 161 Å². The van der Waals surface area contributed by atoms with Crippen LogP contribution in [0.5, 0.6) is 0 Å². The van der Waals surface area contributed by atoms with Gasteiger partial charge in [0.15, 0.2) is 0 Å². The number of rotatable bonds is 16. The standard InChI is InChI=1S/C26H53N/c1-6-8-9-10-11-12-13-14-15-16-17-18-19-20-21-24-22-25(3,4)27-26(5,7-2)23-24/h24,27H,6-23H2,1-5H3. The SMILES string of the molecule is CCCCCCCCCCCCCCCCC1CC(C)(C)NC(C)(CC)C1. The number of hydrogen-bond donors (Lipinski definition) is 1. The predicted octanol–water partition coefficient (Wildman–Crippen LogP) is 8.80. The maximum atomic E-state index is 3.90. The Morgan fingerprint density at radius 2 is 1.07 bits per heavy atom. The Hall–Kier alpha value is -0.0400. The Kier molecular flexibility index (Phi) is 13.0. The highest BCUT2D eigenvalue weighted by Crippen LogP contribution is 2.37. The summed E-state index contributed by atoms with van der Waals surface area (Å²) in [5.74, 6) is 0.934. The summed E-state index contributed by atoms with van der Waals surface area (Å²) in [4.78, 5) is 0. The first-order chi connectivity index (χ1) is 12.9. The molecule has 0 radical (unpaired) electrons. The van der Waals surface area contributed by atoms with Gasteiger partial charge in [0.1, 0.15) is 0 Å². The molecule has 1 nitrogen and oxygen atoms in total. The van der Waals surface area contributed by atoms with Gasteiger partial charge in [-0.3, -0.25) is 0 Å². The largest absolute Gasteiger partial charge is 0.307 e. The highest BCUT2D eigenvalue weighted by Gasteiger charge is 2.38. The molecule has 1 aliphatic heterocycles. The zero-order valence-corrected chi connectivity index (χ0v) is 19.8. The maximum absolute atomic E-state index is 3.90. The van der Waals surface area contributed by atoms with Crippen LogP contribution in [0.25, 0.3) is 0 Å². The fraction of sp³-hybridized carbons (Fsp3) is 1.00. The fourth-order valence-electron chi connectivity index (χ4n) is 5.41. The summed E-state index contributed by atoms with van der Waals surface area (Å²) >= 11 is 0. The van der Waals surface area contributed by atoms with Crippen LogP contribution in [0, 0.1) is 5.92 Å². The zero-order chi connectivity index (χ0) is 20.0. The minimum atomic E-state index is 0.323. The van der Waals surface area contributed by atoms with E-state index in [2.05, 4.69) is 39.9 Å². The van der Waals surface area contributed by atoms with E-state index in [0.29, 0.717) is 11.1 Å². The molecule has 0 aromatic rings. The van der Waals surface area contributed by atoms with Crippen LogP contribution in [0.1, 0.15) is 150 Å². The third-order valence-electron chi connectivity index (χ3n) is 6.92. The van der Waals surface area contributed by atoms with E-state index in [1.165, 1.54) is 116 Å². The molecule has 0 aliphatic carbocycles. The molecule has 1 heteroatoms. The Morgan fingerprint density at radius 3 is 1.52 bits per heavy atom. The number of nitrogens with one attached hydrogen (secondary N) is 1. The molecule has 1 saturated heterocycles. The Labute approximate surface area is 172 Å². The Balaban J connectivity index is 1.93. The monoisotopic (exact) mass is 379 g/mol. The second kappa shape index (κ2) is 14.0. The summed E-state index contributed by atoms with van der Waals surface area (Å²) in [6.45, 7) is 11.9. The number of unbranched alkanes of at least 4 members (excludes halogenated alkanes) is 13. The van der Waals surface area contributed by atoms with Gasteiger partial charge in [0.25, 0.3) is 0 Å². The molecule has 1 N–H and O–H groups in total. The lowest BCUT2D eigenvalue weighted by atomic mass is 9.72. The van der Waals surface area contributed by atoms with Crippen molar-refractivity contribution in [3.05, 3.63) is 0 Å². The number of hydrogen-bond acceptors (Lipinski definition) is 1. The van der Waals surface area contributed by atoms with Gasteiger partial charge in [-0.25, -0.2) is 0 Å². The molecule has 0 saturated carbocycles. The Bertz CT molecular complexity index is 348. The van der Waals surface area contributed by atoms with E-state index in [0.717, 1.165) is 5.92 Å². The highest BCUT2D eigenvalue weighted by molar-refractivity contribution is 4.98. The molecule has 2 unspecified atom stereocenters. The zero-order valence-electron chi connectivity index (χ0n) is 19.8.